The molecule has 0 bridgehead atoms. The van der Waals surface area contributed by atoms with Crippen LogP contribution >= 0.6 is 11.6 Å². The van der Waals surface area contributed by atoms with E-state index >= 15 is 0 Å². The molecule has 0 saturated carbocycles. The molecule has 0 radical (unpaired) electrons. The van der Waals surface area contributed by atoms with E-state index in [1.165, 1.54) is 0 Å². The summed E-state index contributed by atoms with van der Waals surface area (Å²) in [6, 6.07) is 5.45. The summed E-state index contributed by atoms with van der Waals surface area (Å²) in [5, 5.41) is 0.667. The van der Waals surface area contributed by atoms with E-state index in [0.29, 0.717) is 5.02 Å². The fourth-order valence-electron chi connectivity index (χ4n) is 1.86. The third kappa shape index (κ3) is 2.95. The monoisotopic (exact) mass is 271 g/mol. The number of nitrogens with one attached hydrogen (secondary N) is 1. The summed E-state index contributed by atoms with van der Waals surface area (Å²) >= 11 is 6.07. The Labute approximate surface area is 114 Å². The van der Waals surface area contributed by atoms with Crippen LogP contribution in [0.3, 0.4) is 0 Å². The van der Waals surface area contributed by atoms with E-state index in [1.54, 1.807) is 13.2 Å². The third-order valence-electron chi connectivity index (χ3n) is 3.53. The lowest BCUT2D eigenvalue weighted by molar-refractivity contribution is 0.136. The van der Waals surface area contributed by atoms with E-state index in [-0.39, 0.29) is 11.6 Å². The summed E-state index contributed by atoms with van der Waals surface area (Å²) in [6.07, 6.45) is 0. The van der Waals surface area contributed by atoms with Gasteiger partial charge in [0.15, 0.2) is 0 Å². The average molecular weight is 272 g/mol. The van der Waals surface area contributed by atoms with Crippen LogP contribution in [0.5, 0.6) is 5.75 Å². The molecule has 4 nitrogen and oxygen atoms in total. The van der Waals surface area contributed by atoms with E-state index in [9.17, 15) is 0 Å². The second-order valence-electron chi connectivity index (χ2n) is 5.03. The Morgan fingerprint density at radius 1 is 1.39 bits per heavy atom. The minimum Gasteiger partial charge on any atom is -0.496 e. The molecule has 1 aromatic rings. The van der Waals surface area contributed by atoms with Crippen LogP contribution < -0.4 is 16.0 Å². The standard InChI is InChI=1S/C13H22ClN3O/c1-13(2,17(3)4)12(16-15)10-8-9(14)6-7-11(10)18-5/h6-8,12,16H,15H2,1-5H3. The molecular formula is C13H22ClN3O. The van der Waals surface area contributed by atoms with Gasteiger partial charge in [-0.1, -0.05) is 11.6 Å². The molecule has 0 aliphatic heterocycles. The van der Waals surface area contributed by atoms with Crippen molar-refractivity contribution in [3.05, 3.63) is 28.8 Å². The number of likely N-dealkylation sites (N-methyl/N-ethyl adjacent to an activating group) is 1. The first-order chi connectivity index (χ1) is 8.34. The van der Waals surface area contributed by atoms with Crippen molar-refractivity contribution >= 4 is 11.6 Å². The van der Waals surface area contributed by atoms with Crippen LogP contribution in [0.15, 0.2) is 18.2 Å². The largest absolute Gasteiger partial charge is 0.496 e. The van der Waals surface area contributed by atoms with Crippen LogP contribution in [-0.2, 0) is 0 Å². The van der Waals surface area contributed by atoms with E-state index in [0.717, 1.165) is 11.3 Å². The van der Waals surface area contributed by atoms with Crippen LogP contribution in [0.4, 0.5) is 0 Å². The molecule has 0 amide bonds. The highest BCUT2D eigenvalue weighted by Gasteiger charge is 2.34. The van der Waals surface area contributed by atoms with Crippen LogP contribution in [0.1, 0.15) is 25.5 Å². The first kappa shape index (κ1) is 15.2. The van der Waals surface area contributed by atoms with Gasteiger partial charge in [0.25, 0.3) is 0 Å². The number of halogens is 1. The maximum Gasteiger partial charge on any atom is 0.123 e. The highest BCUT2D eigenvalue weighted by molar-refractivity contribution is 6.30. The molecule has 0 spiro atoms. The van der Waals surface area contributed by atoms with E-state index in [1.807, 2.05) is 26.2 Å². The lowest BCUT2D eigenvalue weighted by atomic mass is 9.87. The predicted molar refractivity (Wildman–Crippen MR) is 75.8 cm³/mol. The van der Waals surface area contributed by atoms with Crippen molar-refractivity contribution in [1.82, 2.24) is 10.3 Å². The van der Waals surface area contributed by atoms with Crippen molar-refractivity contribution in [2.24, 2.45) is 5.84 Å². The number of hydrazine groups is 1. The number of rotatable bonds is 5. The molecular weight excluding hydrogens is 250 g/mol. The highest BCUT2D eigenvalue weighted by Crippen LogP contribution is 2.35. The summed E-state index contributed by atoms with van der Waals surface area (Å²) in [5.41, 5.74) is 3.62. The van der Waals surface area contributed by atoms with Gasteiger partial charge in [-0.2, -0.15) is 0 Å². The quantitative estimate of drug-likeness (QED) is 0.637. The summed E-state index contributed by atoms with van der Waals surface area (Å²) in [5.74, 6) is 6.50. The molecule has 0 saturated heterocycles. The number of hydrogen-bond acceptors (Lipinski definition) is 4. The molecule has 0 fully saturated rings. The van der Waals surface area contributed by atoms with Crippen molar-refractivity contribution in [3.63, 3.8) is 0 Å². The average Bonchev–Trinajstić information content (AvgIpc) is 2.29. The molecule has 0 heterocycles. The second kappa shape index (κ2) is 5.89. The fourth-order valence-corrected chi connectivity index (χ4v) is 2.04. The number of ether oxygens (including phenoxy) is 1. The van der Waals surface area contributed by atoms with Gasteiger partial charge >= 0.3 is 0 Å². The number of nitrogens with zero attached hydrogens (tertiary/aromatic N) is 1. The molecule has 1 atom stereocenters. The summed E-state index contributed by atoms with van der Waals surface area (Å²) in [7, 11) is 5.67. The number of benzene rings is 1. The molecule has 0 aliphatic carbocycles. The lowest BCUT2D eigenvalue weighted by Crippen LogP contribution is -2.51. The smallest absolute Gasteiger partial charge is 0.123 e. The summed E-state index contributed by atoms with van der Waals surface area (Å²) in [6.45, 7) is 4.22. The first-order valence-corrected chi connectivity index (χ1v) is 6.19. The molecule has 1 unspecified atom stereocenters. The maximum absolute atomic E-state index is 6.07. The van der Waals surface area contributed by atoms with Gasteiger partial charge in [-0.05, 0) is 46.1 Å². The lowest BCUT2D eigenvalue weighted by Gasteiger charge is -2.40. The van der Waals surface area contributed by atoms with Crippen molar-refractivity contribution in [1.29, 1.82) is 0 Å². The van der Waals surface area contributed by atoms with Gasteiger partial charge in [0.2, 0.25) is 0 Å². The fraction of sp³-hybridized carbons (Fsp3) is 0.538. The Balaban J connectivity index is 3.28. The zero-order valence-electron chi connectivity index (χ0n) is 11.6. The van der Waals surface area contributed by atoms with Crippen LogP contribution in [0, 0.1) is 0 Å². The normalized spacial score (nSPS) is 13.8. The zero-order valence-corrected chi connectivity index (χ0v) is 12.4. The Morgan fingerprint density at radius 2 is 2.00 bits per heavy atom. The number of methoxy groups -OCH3 is 1. The minimum absolute atomic E-state index is 0.0962. The predicted octanol–water partition coefficient (Wildman–Crippen LogP) is 2.19. The van der Waals surface area contributed by atoms with Gasteiger partial charge in [0.1, 0.15) is 5.75 Å². The summed E-state index contributed by atoms with van der Waals surface area (Å²) < 4.78 is 5.39. The SMILES string of the molecule is COc1ccc(Cl)cc1C(NN)C(C)(C)N(C)C. The molecule has 0 aliphatic rings. The molecule has 1 rings (SSSR count). The Kier molecular flexibility index (Phi) is 4.99. The molecule has 18 heavy (non-hydrogen) atoms. The van der Waals surface area contributed by atoms with E-state index in [2.05, 4.69) is 24.2 Å². The number of hydrogen-bond donors (Lipinski definition) is 2. The highest BCUT2D eigenvalue weighted by atomic mass is 35.5. The maximum atomic E-state index is 6.07. The van der Waals surface area contributed by atoms with Gasteiger partial charge in [0, 0.05) is 16.1 Å². The van der Waals surface area contributed by atoms with Crippen molar-refractivity contribution in [2.75, 3.05) is 21.2 Å². The zero-order chi connectivity index (χ0) is 13.9. The molecule has 102 valence electrons. The van der Waals surface area contributed by atoms with Crippen molar-refractivity contribution in [2.45, 2.75) is 25.4 Å². The van der Waals surface area contributed by atoms with Crippen LogP contribution in [0.25, 0.3) is 0 Å². The van der Waals surface area contributed by atoms with Gasteiger partial charge in [-0.15, -0.1) is 0 Å². The van der Waals surface area contributed by atoms with Crippen LogP contribution in [0.2, 0.25) is 5.02 Å². The Hall–Kier alpha value is -0.810. The van der Waals surface area contributed by atoms with Gasteiger partial charge in [-0.25, -0.2) is 0 Å². The third-order valence-corrected chi connectivity index (χ3v) is 3.76. The van der Waals surface area contributed by atoms with Crippen molar-refractivity contribution < 1.29 is 4.74 Å². The first-order valence-electron chi connectivity index (χ1n) is 5.81. The van der Waals surface area contributed by atoms with Crippen molar-refractivity contribution in [3.8, 4) is 5.75 Å². The van der Waals surface area contributed by atoms with Crippen LogP contribution in [-0.4, -0.2) is 31.6 Å². The second-order valence-corrected chi connectivity index (χ2v) is 5.47. The minimum atomic E-state index is -0.188. The van der Waals surface area contributed by atoms with E-state index in [4.69, 9.17) is 22.2 Å². The molecule has 5 heteroatoms. The van der Waals surface area contributed by atoms with E-state index < -0.39 is 0 Å². The van der Waals surface area contributed by atoms with Gasteiger partial charge in [0.05, 0.1) is 13.2 Å². The Morgan fingerprint density at radius 3 is 2.44 bits per heavy atom. The number of nitrogens with two attached hydrogens (primary N) is 1. The Bertz CT molecular complexity index is 407. The van der Waals surface area contributed by atoms with Gasteiger partial charge < -0.3 is 9.64 Å². The van der Waals surface area contributed by atoms with Gasteiger partial charge in [-0.3, -0.25) is 11.3 Å². The topological polar surface area (TPSA) is 50.5 Å². The summed E-state index contributed by atoms with van der Waals surface area (Å²) in [4.78, 5) is 2.11. The molecule has 1 aromatic carbocycles. The molecule has 0 aromatic heterocycles. The molecule has 3 N–H and O–H groups in total.